The van der Waals surface area contributed by atoms with Gasteiger partial charge in [0, 0.05) is 18.5 Å². The molecule has 0 saturated heterocycles. The molecule has 0 aliphatic heterocycles. The van der Waals surface area contributed by atoms with Crippen LogP contribution in [0.1, 0.15) is 23.7 Å². The molecule has 0 radical (unpaired) electrons. The van der Waals surface area contributed by atoms with E-state index in [0.29, 0.717) is 30.8 Å². The molecule has 2 aromatic rings. The number of para-hydroxylation sites is 1. The number of sulfonamides is 1. The van der Waals surface area contributed by atoms with Gasteiger partial charge in [0.2, 0.25) is 10.0 Å². The van der Waals surface area contributed by atoms with Crippen LogP contribution in [0.25, 0.3) is 0 Å². The van der Waals surface area contributed by atoms with E-state index in [4.69, 9.17) is 9.88 Å². The zero-order valence-electron chi connectivity index (χ0n) is 13.4. The number of primary sulfonamides is 1. The summed E-state index contributed by atoms with van der Waals surface area (Å²) in [7, 11) is -3.94. The summed E-state index contributed by atoms with van der Waals surface area (Å²) in [4.78, 5) is 11.6. The van der Waals surface area contributed by atoms with Gasteiger partial charge in [0.25, 0.3) is 0 Å². The third-order valence-electron chi connectivity index (χ3n) is 3.36. The average molecular weight is 348 g/mol. The van der Waals surface area contributed by atoms with Crippen molar-refractivity contribution in [2.24, 2.45) is 5.14 Å². The third-order valence-corrected chi connectivity index (χ3v) is 4.31. The molecule has 0 aliphatic carbocycles. The van der Waals surface area contributed by atoms with E-state index in [1.165, 1.54) is 6.07 Å². The largest absolute Gasteiger partial charge is 0.492 e. The normalized spacial score (nSPS) is 11.1. The second-order valence-electron chi connectivity index (χ2n) is 5.12. The molecule has 0 atom stereocenters. The molecule has 0 saturated carbocycles. The van der Waals surface area contributed by atoms with Crippen LogP contribution >= 0.6 is 0 Å². The van der Waals surface area contributed by atoms with Gasteiger partial charge in [0.15, 0.2) is 5.78 Å². The summed E-state index contributed by atoms with van der Waals surface area (Å²) < 4.78 is 29.1. The monoisotopic (exact) mass is 348 g/mol. The minimum atomic E-state index is -3.94. The summed E-state index contributed by atoms with van der Waals surface area (Å²) in [6.45, 7) is 2.45. The fraction of sp³-hybridized carbons (Fsp3) is 0.235. The van der Waals surface area contributed by atoms with Crippen molar-refractivity contribution in [3.05, 3.63) is 54.1 Å². The maximum Gasteiger partial charge on any atom is 0.240 e. The molecule has 0 aromatic heterocycles. The Morgan fingerprint density at radius 1 is 1.17 bits per heavy atom. The Morgan fingerprint density at radius 3 is 2.50 bits per heavy atom. The average Bonchev–Trinajstić information content (AvgIpc) is 2.58. The number of ketones is 1. The predicted octanol–water partition coefficient (Wildman–Crippen LogP) is 2.42. The molecule has 2 rings (SSSR count). The summed E-state index contributed by atoms with van der Waals surface area (Å²) in [6, 6.07) is 13.7. The second-order valence-corrected chi connectivity index (χ2v) is 6.65. The van der Waals surface area contributed by atoms with Crippen molar-refractivity contribution in [3.63, 3.8) is 0 Å². The molecule has 6 nitrogen and oxygen atoms in total. The number of nitrogens with one attached hydrogen (secondary N) is 1. The third kappa shape index (κ3) is 4.81. The molecular formula is C17H20N2O4S. The van der Waals surface area contributed by atoms with Crippen molar-refractivity contribution in [2.45, 2.75) is 18.2 Å². The maximum atomic E-state index is 11.8. The van der Waals surface area contributed by atoms with Gasteiger partial charge in [-0.3, -0.25) is 4.79 Å². The Balaban J connectivity index is 2.07. The van der Waals surface area contributed by atoms with Crippen LogP contribution in [-0.2, 0) is 10.0 Å². The van der Waals surface area contributed by atoms with Gasteiger partial charge < -0.3 is 10.1 Å². The molecule has 24 heavy (non-hydrogen) atoms. The lowest BCUT2D eigenvalue weighted by atomic mass is 10.1. The van der Waals surface area contributed by atoms with Crippen molar-refractivity contribution < 1.29 is 17.9 Å². The first-order chi connectivity index (χ1) is 11.4. The van der Waals surface area contributed by atoms with Crippen LogP contribution in [0.5, 0.6) is 5.75 Å². The number of carbonyl (C=O) groups excluding carboxylic acids is 1. The Hall–Kier alpha value is -2.38. The Bertz CT molecular complexity index is 805. The number of carbonyl (C=O) groups is 1. The fourth-order valence-electron chi connectivity index (χ4n) is 2.15. The van der Waals surface area contributed by atoms with Crippen LogP contribution in [-0.4, -0.2) is 27.4 Å². The van der Waals surface area contributed by atoms with Gasteiger partial charge in [-0.05, 0) is 30.3 Å². The smallest absolute Gasteiger partial charge is 0.240 e. The molecule has 0 amide bonds. The molecule has 0 fully saturated rings. The first kappa shape index (κ1) is 18.0. The quantitative estimate of drug-likeness (QED) is 0.564. The van der Waals surface area contributed by atoms with Crippen LogP contribution in [0.2, 0.25) is 0 Å². The lowest BCUT2D eigenvalue weighted by Gasteiger charge is -2.13. The maximum absolute atomic E-state index is 11.8. The van der Waals surface area contributed by atoms with E-state index < -0.39 is 10.0 Å². The van der Waals surface area contributed by atoms with E-state index in [2.05, 4.69) is 5.32 Å². The molecule has 0 heterocycles. The zero-order chi connectivity index (χ0) is 17.6. The Labute approximate surface area is 141 Å². The van der Waals surface area contributed by atoms with Gasteiger partial charge in [0.1, 0.15) is 17.3 Å². The summed E-state index contributed by atoms with van der Waals surface area (Å²) >= 11 is 0. The minimum Gasteiger partial charge on any atom is -0.492 e. The Kier molecular flexibility index (Phi) is 5.94. The molecule has 0 bridgehead atoms. The topological polar surface area (TPSA) is 98.5 Å². The summed E-state index contributed by atoms with van der Waals surface area (Å²) in [5.41, 5.74) is 0.675. The SMILES string of the molecule is CCC(=O)c1ccc(NCCOc2ccccc2)c(S(N)(=O)=O)c1. The lowest BCUT2D eigenvalue weighted by Crippen LogP contribution is -2.18. The van der Waals surface area contributed by atoms with Crippen LogP contribution in [0.15, 0.2) is 53.4 Å². The van der Waals surface area contributed by atoms with E-state index in [0.717, 1.165) is 5.75 Å². The predicted molar refractivity (Wildman–Crippen MR) is 92.9 cm³/mol. The van der Waals surface area contributed by atoms with Gasteiger partial charge in [-0.2, -0.15) is 0 Å². The van der Waals surface area contributed by atoms with Crippen molar-refractivity contribution >= 4 is 21.5 Å². The molecular weight excluding hydrogens is 328 g/mol. The van der Waals surface area contributed by atoms with Crippen molar-refractivity contribution in [2.75, 3.05) is 18.5 Å². The van der Waals surface area contributed by atoms with Gasteiger partial charge in [-0.1, -0.05) is 25.1 Å². The number of rotatable bonds is 8. The zero-order valence-corrected chi connectivity index (χ0v) is 14.2. The molecule has 2 aromatic carbocycles. The highest BCUT2D eigenvalue weighted by molar-refractivity contribution is 7.89. The van der Waals surface area contributed by atoms with E-state index in [1.807, 2.05) is 30.3 Å². The molecule has 0 unspecified atom stereocenters. The summed E-state index contributed by atoms with van der Waals surface area (Å²) in [5.74, 6) is 0.591. The summed E-state index contributed by atoms with van der Waals surface area (Å²) in [5, 5.41) is 8.23. The van der Waals surface area contributed by atoms with Gasteiger partial charge >= 0.3 is 0 Å². The highest BCUT2D eigenvalue weighted by atomic mass is 32.2. The number of Topliss-reactive ketones (excluding diaryl/α,β-unsaturated/α-hetero) is 1. The molecule has 7 heteroatoms. The van der Waals surface area contributed by atoms with Crippen LogP contribution in [0, 0.1) is 0 Å². The van der Waals surface area contributed by atoms with Gasteiger partial charge in [-0.25, -0.2) is 13.6 Å². The van der Waals surface area contributed by atoms with Crippen LogP contribution in [0.4, 0.5) is 5.69 Å². The van der Waals surface area contributed by atoms with Crippen LogP contribution in [0.3, 0.4) is 0 Å². The number of hydrogen-bond donors (Lipinski definition) is 2. The number of ether oxygens (including phenoxy) is 1. The molecule has 128 valence electrons. The summed E-state index contributed by atoms with van der Waals surface area (Å²) in [6.07, 6.45) is 0.293. The number of benzene rings is 2. The number of nitrogens with two attached hydrogens (primary N) is 1. The van der Waals surface area contributed by atoms with E-state index in [9.17, 15) is 13.2 Å². The van der Waals surface area contributed by atoms with Crippen molar-refractivity contribution in [3.8, 4) is 5.75 Å². The highest BCUT2D eigenvalue weighted by Crippen LogP contribution is 2.22. The van der Waals surface area contributed by atoms with E-state index in [1.54, 1.807) is 19.1 Å². The lowest BCUT2D eigenvalue weighted by molar-refractivity contribution is 0.0988. The first-order valence-electron chi connectivity index (χ1n) is 7.53. The van der Waals surface area contributed by atoms with Crippen LogP contribution < -0.4 is 15.2 Å². The van der Waals surface area contributed by atoms with Crippen molar-refractivity contribution in [1.82, 2.24) is 0 Å². The van der Waals surface area contributed by atoms with Crippen molar-refractivity contribution in [1.29, 1.82) is 0 Å². The standard InChI is InChI=1S/C17H20N2O4S/c1-2-16(20)13-8-9-15(17(12-13)24(18,21)22)19-10-11-23-14-6-4-3-5-7-14/h3-9,12,19H,2,10-11H2,1H3,(H2,18,21,22). The van der Waals surface area contributed by atoms with Gasteiger partial charge in [0.05, 0.1) is 5.69 Å². The highest BCUT2D eigenvalue weighted by Gasteiger charge is 2.16. The van der Waals surface area contributed by atoms with E-state index >= 15 is 0 Å². The number of anilines is 1. The second kappa shape index (κ2) is 7.94. The molecule has 0 aliphatic rings. The fourth-order valence-corrected chi connectivity index (χ4v) is 2.89. The Morgan fingerprint density at radius 2 is 1.88 bits per heavy atom. The first-order valence-corrected chi connectivity index (χ1v) is 9.08. The minimum absolute atomic E-state index is 0.0958. The van der Waals surface area contributed by atoms with Gasteiger partial charge in [-0.15, -0.1) is 0 Å². The number of hydrogen-bond acceptors (Lipinski definition) is 5. The molecule has 0 spiro atoms. The molecule has 3 N–H and O–H groups in total. The van der Waals surface area contributed by atoms with E-state index in [-0.39, 0.29) is 10.7 Å².